The molecule has 0 atom stereocenters. The lowest BCUT2D eigenvalue weighted by Crippen LogP contribution is -2.43. The van der Waals surface area contributed by atoms with Crippen LogP contribution in [0.3, 0.4) is 0 Å². The average Bonchev–Trinajstić information content (AvgIpc) is 3.07. The molecule has 0 saturated carbocycles. The number of urea groups is 1. The number of nitrogens with zero attached hydrogens (tertiary/aromatic N) is 1. The molecule has 6 nitrogen and oxygen atoms in total. The summed E-state index contributed by atoms with van der Waals surface area (Å²) in [5.41, 5.74) is 0. The SMILES string of the molecule is CN(CC(=O)NC(=O)NCc1ccco1)Cc1ccc(Cl)s1. The van der Waals surface area contributed by atoms with Gasteiger partial charge in [-0.1, -0.05) is 11.6 Å². The van der Waals surface area contributed by atoms with E-state index in [1.165, 1.54) is 17.6 Å². The largest absolute Gasteiger partial charge is 0.467 e. The highest BCUT2D eigenvalue weighted by Gasteiger charge is 2.11. The van der Waals surface area contributed by atoms with E-state index in [2.05, 4.69) is 10.6 Å². The van der Waals surface area contributed by atoms with Gasteiger partial charge in [0.1, 0.15) is 5.76 Å². The van der Waals surface area contributed by atoms with Crippen molar-refractivity contribution in [3.63, 3.8) is 0 Å². The molecule has 0 spiro atoms. The van der Waals surface area contributed by atoms with Crippen LogP contribution >= 0.6 is 22.9 Å². The first kappa shape index (κ1) is 16.5. The predicted molar refractivity (Wildman–Crippen MR) is 84.7 cm³/mol. The molecule has 0 aliphatic heterocycles. The van der Waals surface area contributed by atoms with E-state index in [-0.39, 0.29) is 19.0 Å². The summed E-state index contributed by atoms with van der Waals surface area (Å²) in [5.74, 6) is 0.247. The third-order valence-electron chi connectivity index (χ3n) is 2.72. The van der Waals surface area contributed by atoms with Crippen LogP contribution in [-0.2, 0) is 17.9 Å². The van der Waals surface area contributed by atoms with Gasteiger partial charge in [-0.25, -0.2) is 4.79 Å². The second-order valence-electron chi connectivity index (χ2n) is 4.69. The Morgan fingerprint density at radius 2 is 2.18 bits per heavy atom. The fourth-order valence-electron chi connectivity index (χ4n) is 1.79. The van der Waals surface area contributed by atoms with Gasteiger partial charge in [-0.05, 0) is 31.3 Å². The van der Waals surface area contributed by atoms with Crippen molar-refractivity contribution in [2.75, 3.05) is 13.6 Å². The number of furan rings is 1. The zero-order valence-electron chi connectivity index (χ0n) is 12.0. The summed E-state index contributed by atoms with van der Waals surface area (Å²) in [6.45, 7) is 0.943. The molecule has 22 heavy (non-hydrogen) atoms. The Morgan fingerprint density at radius 1 is 1.36 bits per heavy atom. The third-order valence-corrected chi connectivity index (χ3v) is 3.94. The van der Waals surface area contributed by atoms with Gasteiger partial charge in [0.15, 0.2) is 0 Å². The van der Waals surface area contributed by atoms with Crippen LogP contribution in [0.25, 0.3) is 0 Å². The van der Waals surface area contributed by atoms with Crippen LogP contribution in [0, 0.1) is 0 Å². The Hall–Kier alpha value is -1.83. The molecule has 0 saturated heterocycles. The molecule has 3 amide bonds. The fraction of sp³-hybridized carbons (Fsp3) is 0.286. The van der Waals surface area contributed by atoms with Crippen molar-refractivity contribution in [1.29, 1.82) is 0 Å². The Kier molecular flexibility index (Phi) is 6.00. The molecular formula is C14H16ClN3O3S. The number of rotatable bonds is 6. The number of carbonyl (C=O) groups is 2. The molecule has 2 aromatic heterocycles. The quantitative estimate of drug-likeness (QED) is 0.846. The van der Waals surface area contributed by atoms with Gasteiger partial charge in [-0.2, -0.15) is 0 Å². The zero-order valence-corrected chi connectivity index (χ0v) is 13.5. The van der Waals surface area contributed by atoms with Gasteiger partial charge in [0, 0.05) is 11.4 Å². The summed E-state index contributed by atoms with van der Waals surface area (Å²) in [6, 6.07) is 6.65. The first-order valence-corrected chi connectivity index (χ1v) is 7.75. The fourth-order valence-corrected chi connectivity index (χ4v) is 2.96. The van der Waals surface area contributed by atoms with Crippen LogP contribution in [0.2, 0.25) is 4.34 Å². The smallest absolute Gasteiger partial charge is 0.321 e. The van der Waals surface area contributed by atoms with E-state index in [9.17, 15) is 9.59 Å². The number of thiophene rings is 1. The van der Waals surface area contributed by atoms with E-state index in [0.717, 1.165) is 4.88 Å². The summed E-state index contributed by atoms with van der Waals surface area (Å²) in [5, 5.41) is 4.81. The molecule has 118 valence electrons. The van der Waals surface area contributed by atoms with E-state index < -0.39 is 6.03 Å². The van der Waals surface area contributed by atoms with Crippen molar-refractivity contribution in [2.45, 2.75) is 13.1 Å². The Balaban J connectivity index is 1.69. The van der Waals surface area contributed by atoms with E-state index in [1.54, 1.807) is 24.1 Å². The highest BCUT2D eigenvalue weighted by atomic mass is 35.5. The average molecular weight is 342 g/mol. The van der Waals surface area contributed by atoms with Gasteiger partial charge in [0.25, 0.3) is 0 Å². The van der Waals surface area contributed by atoms with Gasteiger partial charge in [-0.3, -0.25) is 15.0 Å². The lowest BCUT2D eigenvalue weighted by molar-refractivity contribution is -0.120. The summed E-state index contributed by atoms with van der Waals surface area (Å²) < 4.78 is 5.79. The van der Waals surface area contributed by atoms with Crippen LogP contribution in [0.15, 0.2) is 34.9 Å². The summed E-state index contributed by atoms with van der Waals surface area (Å²) in [6.07, 6.45) is 1.52. The number of hydrogen-bond donors (Lipinski definition) is 2. The lowest BCUT2D eigenvalue weighted by Gasteiger charge is -2.14. The molecular weight excluding hydrogens is 326 g/mol. The number of nitrogens with one attached hydrogen (secondary N) is 2. The molecule has 0 fully saturated rings. The lowest BCUT2D eigenvalue weighted by atomic mass is 10.4. The van der Waals surface area contributed by atoms with Crippen LogP contribution in [0.1, 0.15) is 10.6 Å². The predicted octanol–water partition coefficient (Wildman–Crippen LogP) is 2.45. The van der Waals surface area contributed by atoms with Crippen molar-refractivity contribution >= 4 is 34.9 Å². The van der Waals surface area contributed by atoms with E-state index >= 15 is 0 Å². The van der Waals surface area contributed by atoms with Crippen LogP contribution in [0.5, 0.6) is 0 Å². The highest BCUT2D eigenvalue weighted by molar-refractivity contribution is 7.16. The van der Waals surface area contributed by atoms with E-state index in [0.29, 0.717) is 16.6 Å². The van der Waals surface area contributed by atoms with Crippen LogP contribution in [-0.4, -0.2) is 30.4 Å². The molecule has 0 bridgehead atoms. The Morgan fingerprint density at radius 3 is 2.82 bits per heavy atom. The molecule has 0 aromatic carbocycles. The molecule has 0 aliphatic rings. The van der Waals surface area contributed by atoms with Gasteiger partial charge in [0.2, 0.25) is 5.91 Å². The Labute approximate surface area is 137 Å². The molecule has 0 aliphatic carbocycles. The number of likely N-dealkylation sites (N-methyl/N-ethyl adjacent to an activating group) is 1. The Bertz CT molecular complexity index is 627. The van der Waals surface area contributed by atoms with Crippen LogP contribution < -0.4 is 10.6 Å². The standard InChI is InChI=1S/C14H16ClN3O3S/c1-18(8-11-4-5-12(15)22-11)9-13(19)17-14(20)16-7-10-3-2-6-21-10/h2-6H,7-9H2,1H3,(H2,16,17,19,20). The number of amides is 3. The minimum absolute atomic E-state index is 0.115. The normalized spacial score (nSPS) is 10.7. The molecule has 2 heterocycles. The summed E-state index contributed by atoms with van der Waals surface area (Å²) in [7, 11) is 1.80. The second kappa shape index (κ2) is 7.98. The first-order chi connectivity index (χ1) is 10.5. The monoisotopic (exact) mass is 341 g/mol. The highest BCUT2D eigenvalue weighted by Crippen LogP contribution is 2.22. The number of imide groups is 1. The minimum Gasteiger partial charge on any atom is -0.467 e. The number of carbonyl (C=O) groups excluding carboxylic acids is 2. The first-order valence-electron chi connectivity index (χ1n) is 6.56. The molecule has 8 heteroatoms. The topological polar surface area (TPSA) is 74.6 Å². The van der Waals surface area contributed by atoms with Gasteiger partial charge in [-0.15, -0.1) is 11.3 Å². The van der Waals surface area contributed by atoms with Crippen molar-refractivity contribution in [3.8, 4) is 0 Å². The van der Waals surface area contributed by atoms with Gasteiger partial charge in [0.05, 0.1) is 23.7 Å². The second-order valence-corrected chi connectivity index (χ2v) is 6.49. The maximum atomic E-state index is 11.8. The maximum Gasteiger partial charge on any atom is 0.321 e. The van der Waals surface area contributed by atoms with Crippen LogP contribution in [0.4, 0.5) is 4.79 Å². The third kappa shape index (κ3) is 5.51. The molecule has 0 unspecified atom stereocenters. The number of halogens is 1. The van der Waals surface area contributed by atoms with Gasteiger partial charge >= 0.3 is 6.03 Å². The molecule has 2 aromatic rings. The minimum atomic E-state index is -0.547. The molecule has 2 rings (SSSR count). The van der Waals surface area contributed by atoms with Crippen molar-refractivity contribution in [3.05, 3.63) is 45.5 Å². The molecule has 2 N–H and O–H groups in total. The maximum absolute atomic E-state index is 11.8. The van der Waals surface area contributed by atoms with Crippen molar-refractivity contribution in [1.82, 2.24) is 15.5 Å². The summed E-state index contributed by atoms with van der Waals surface area (Å²) in [4.78, 5) is 26.2. The van der Waals surface area contributed by atoms with Crippen molar-refractivity contribution < 1.29 is 14.0 Å². The van der Waals surface area contributed by atoms with Gasteiger partial charge < -0.3 is 9.73 Å². The number of hydrogen-bond acceptors (Lipinski definition) is 5. The summed E-state index contributed by atoms with van der Waals surface area (Å²) >= 11 is 7.32. The van der Waals surface area contributed by atoms with Crippen molar-refractivity contribution in [2.24, 2.45) is 0 Å². The van der Waals surface area contributed by atoms with E-state index in [1.807, 2.05) is 12.1 Å². The zero-order chi connectivity index (χ0) is 15.9. The molecule has 0 radical (unpaired) electrons. The van der Waals surface area contributed by atoms with E-state index in [4.69, 9.17) is 16.0 Å².